The van der Waals surface area contributed by atoms with Crippen LogP contribution < -0.4 is 4.74 Å². The third kappa shape index (κ3) is 5.93. The van der Waals surface area contributed by atoms with Crippen LogP contribution in [0, 0.1) is 0 Å². The van der Waals surface area contributed by atoms with Crippen molar-refractivity contribution in [2.24, 2.45) is 0 Å². The first-order valence-corrected chi connectivity index (χ1v) is 9.68. The number of benzene rings is 1. The minimum Gasteiger partial charge on any atom is -0.496 e. The Kier molecular flexibility index (Phi) is 7.70. The molecule has 0 aromatic heterocycles. The number of hydrogen-bond donors (Lipinski definition) is 1. The zero-order chi connectivity index (χ0) is 18.2. The molecule has 0 saturated carbocycles. The molecular weight excluding hydrogens is 332 g/mol. The van der Waals surface area contributed by atoms with Crippen LogP contribution in [0.5, 0.6) is 5.75 Å². The molecule has 2 aliphatic rings. The Morgan fingerprint density at radius 2 is 1.96 bits per heavy atom. The van der Waals surface area contributed by atoms with E-state index >= 15 is 0 Å². The lowest BCUT2D eigenvalue weighted by Gasteiger charge is -2.36. The number of methoxy groups -OCH3 is 1. The fourth-order valence-electron chi connectivity index (χ4n) is 3.71. The summed E-state index contributed by atoms with van der Waals surface area (Å²) in [7, 11) is 1.66. The number of hydrogen-bond acceptors (Lipinski definition) is 6. The van der Waals surface area contributed by atoms with Gasteiger partial charge in [-0.2, -0.15) is 0 Å². The summed E-state index contributed by atoms with van der Waals surface area (Å²) in [6.45, 7) is 7.53. The van der Waals surface area contributed by atoms with Gasteiger partial charge in [0.15, 0.2) is 0 Å². The maximum absolute atomic E-state index is 10.3. The maximum Gasteiger partial charge on any atom is 0.124 e. The molecule has 2 atom stereocenters. The number of ether oxygens (including phenoxy) is 3. The van der Waals surface area contributed by atoms with Gasteiger partial charge in [0.05, 0.1) is 32.5 Å². The van der Waals surface area contributed by atoms with E-state index in [1.165, 1.54) is 12.8 Å². The second kappa shape index (κ2) is 10.2. The molecule has 1 aromatic carbocycles. The monoisotopic (exact) mass is 364 g/mol. The summed E-state index contributed by atoms with van der Waals surface area (Å²) >= 11 is 0. The third-order valence-electron chi connectivity index (χ3n) is 5.18. The van der Waals surface area contributed by atoms with Crippen LogP contribution in [0.15, 0.2) is 24.3 Å². The maximum atomic E-state index is 10.3. The van der Waals surface area contributed by atoms with Gasteiger partial charge < -0.3 is 19.3 Å². The fraction of sp³-hybridized carbons (Fsp3) is 0.700. The molecule has 0 spiro atoms. The van der Waals surface area contributed by atoms with E-state index in [9.17, 15) is 5.11 Å². The van der Waals surface area contributed by atoms with Crippen molar-refractivity contribution in [1.29, 1.82) is 0 Å². The van der Waals surface area contributed by atoms with Crippen LogP contribution in [-0.4, -0.2) is 86.7 Å². The van der Waals surface area contributed by atoms with Crippen LogP contribution in [0.25, 0.3) is 0 Å². The van der Waals surface area contributed by atoms with Crippen molar-refractivity contribution in [2.75, 3.05) is 59.6 Å². The highest BCUT2D eigenvalue weighted by Crippen LogP contribution is 2.18. The van der Waals surface area contributed by atoms with Gasteiger partial charge in [0.1, 0.15) is 5.75 Å². The molecular formula is C20H32N2O4. The molecule has 2 aliphatic heterocycles. The molecule has 146 valence electrons. The number of rotatable bonds is 9. The number of para-hydroxylation sites is 1. The third-order valence-corrected chi connectivity index (χ3v) is 5.18. The lowest BCUT2D eigenvalue weighted by molar-refractivity contribution is -0.00377. The average molecular weight is 364 g/mol. The van der Waals surface area contributed by atoms with Gasteiger partial charge >= 0.3 is 0 Å². The summed E-state index contributed by atoms with van der Waals surface area (Å²) in [5, 5.41) is 10.3. The van der Waals surface area contributed by atoms with Crippen molar-refractivity contribution in [1.82, 2.24) is 9.80 Å². The van der Waals surface area contributed by atoms with Gasteiger partial charge in [-0.05, 0) is 18.9 Å². The van der Waals surface area contributed by atoms with E-state index in [1.807, 2.05) is 24.3 Å². The highest BCUT2D eigenvalue weighted by molar-refractivity contribution is 5.32. The minimum absolute atomic E-state index is 0.341. The first-order valence-electron chi connectivity index (χ1n) is 9.68. The molecule has 0 unspecified atom stereocenters. The lowest BCUT2D eigenvalue weighted by Crippen LogP contribution is -2.50. The molecule has 0 bridgehead atoms. The van der Waals surface area contributed by atoms with Gasteiger partial charge in [0, 0.05) is 51.4 Å². The quantitative estimate of drug-likeness (QED) is 0.714. The minimum atomic E-state index is -0.463. The summed E-state index contributed by atoms with van der Waals surface area (Å²) in [4.78, 5) is 4.81. The molecule has 3 rings (SSSR count). The molecule has 0 amide bonds. The van der Waals surface area contributed by atoms with E-state index < -0.39 is 6.10 Å². The smallest absolute Gasteiger partial charge is 0.124 e. The second-order valence-electron chi connectivity index (χ2n) is 7.22. The van der Waals surface area contributed by atoms with Gasteiger partial charge in [-0.15, -0.1) is 0 Å². The molecule has 2 saturated heterocycles. The first-order chi connectivity index (χ1) is 12.7. The molecule has 2 fully saturated rings. The number of piperazine rings is 1. The average Bonchev–Trinajstić information content (AvgIpc) is 3.17. The predicted octanol–water partition coefficient (Wildman–Crippen LogP) is 1.37. The molecule has 1 N–H and O–H groups in total. The van der Waals surface area contributed by atoms with Crippen molar-refractivity contribution in [2.45, 2.75) is 31.7 Å². The van der Waals surface area contributed by atoms with E-state index in [1.54, 1.807) is 7.11 Å². The van der Waals surface area contributed by atoms with Crippen molar-refractivity contribution in [3.63, 3.8) is 0 Å². The van der Waals surface area contributed by atoms with E-state index in [4.69, 9.17) is 14.2 Å². The number of nitrogens with zero attached hydrogens (tertiary/aromatic N) is 2. The Balaban J connectivity index is 1.31. The van der Waals surface area contributed by atoms with Crippen molar-refractivity contribution < 1.29 is 19.3 Å². The van der Waals surface area contributed by atoms with E-state index in [0.717, 1.165) is 50.6 Å². The molecule has 6 heteroatoms. The zero-order valence-electron chi connectivity index (χ0n) is 15.8. The van der Waals surface area contributed by atoms with Crippen LogP contribution in [-0.2, 0) is 16.1 Å². The number of β-amino-alcohol motifs (C(OH)–C–C–N with tert-alkyl or cyclic N) is 1. The second-order valence-corrected chi connectivity index (χ2v) is 7.22. The summed E-state index contributed by atoms with van der Waals surface area (Å²) in [5.74, 6) is 0.823. The van der Waals surface area contributed by atoms with Crippen molar-refractivity contribution in [3.05, 3.63) is 29.8 Å². The molecule has 1 aromatic rings. The van der Waals surface area contributed by atoms with Crippen LogP contribution in [0.2, 0.25) is 0 Å². The normalized spacial score (nSPS) is 23.2. The van der Waals surface area contributed by atoms with E-state index in [0.29, 0.717) is 25.9 Å². The Morgan fingerprint density at radius 1 is 1.19 bits per heavy atom. The van der Waals surface area contributed by atoms with Crippen LogP contribution in [0.3, 0.4) is 0 Å². The van der Waals surface area contributed by atoms with E-state index in [-0.39, 0.29) is 0 Å². The zero-order valence-corrected chi connectivity index (χ0v) is 15.8. The topological polar surface area (TPSA) is 54.4 Å². The van der Waals surface area contributed by atoms with Crippen LogP contribution >= 0.6 is 0 Å². The standard InChI is InChI=1S/C20H32N2O4/c1-24-20-7-3-2-5-17(20)15-25-16-18(23)13-21-8-10-22(11-9-21)14-19-6-4-12-26-19/h2-3,5,7,18-19,23H,4,6,8-16H2,1H3/t18-,19+/m0/s1. The van der Waals surface area contributed by atoms with Crippen LogP contribution in [0.1, 0.15) is 18.4 Å². The van der Waals surface area contributed by atoms with Crippen molar-refractivity contribution >= 4 is 0 Å². The van der Waals surface area contributed by atoms with Gasteiger partial charge in [-0.25, -0.2) is 0 Å². The molecule has 6 nitrogen and oxygen atoms in total. The Bertz CT molecular complexity index is 528. The highest BCUT2D eigenvalue weighted by Gasteiger charge is 2.23. The number of aliphatic hydroxyl groups is 1. The molecule has 2 heterocycles. The Hall–Kier alpha value is -1.18. The van der Waals surface area contributed by atoms with Gasteiger partial charge in [0.25, 0.3) is 0 Å². The number of aliphatic hydroxyl groups excluding tert-OH is 1. The van der Waals surface area contributed by atoms with Gasteiger partial charge in [-0.1, -0.05) is 18.2 Å². The van der Waals surface area contributed by atoms with Gasteiger partial charge in [0.2, 0.25) is 0 Å². The first kappa shape index (κ1) is 19.6. The largest absolute Gasteiger partial charge is 0.496 e. The highest BCUT2D eigenvalue weighted by atomic mass is 16.5. The summed E-state index contributed by atoms with van der Waals surface area (Å²) in [6.07, 6.45) is 2.36. The summed E-state index contributed by atoms with van der Waals surface area (Å²) in [6, 6.07) is 7.81. The molecule has 0 radical (unpaired) electrons. The Morgan fingerprint density at radius 3 is 2.69 bits per heavy atom. The van der Waals surface area contributed by atoms with Gasteiger partial charge in [-0.3, -0.25) is 9.80 Å². The Labute approximate surface area is 156 Å². The predicted molar refractivity (Wildman–Crippen MR) is 101 cm³/mol. The summed E-state index contributed by atoms with van der Waals surface area (Å²) in [5.41, 5.74) is 1.00. The summed E-state index contributed by atoms with van der Waals surface area (Å²) < 4.78 is 16.7. The SMILES string of the molecule is COc1ccccc1COC[C@@H](O)CN1CCN(C[C@H]2CCCO2)CC1. The fourth-order valence-corrected chi connectivity index (χ4v) is 3.71. The lowest BCUT2D eigenvalue weighted by atomic mass is 10.2. The van der Waals surface area contributed by atoms with Crippen LogP contribution in [0.4, 0.5) is 0 Å². The van der Waals surface area contributed by atoms with E-state index in [2.05, 4.69) is 9.80 Å². The molecule has 26 heavy (non-hydrogen) atoms. The molecule has 0 aliphatic carbocycles. The van der Waals surface area contributed by atoms with Crippen molar-refractivity contribution in [3.8, 4) is 5.75 Å².